The lowest BCUT2D eigenvalue weighted by atomic mass is 10.1. The van der Waals surface area contributed by atoms with E-state index in [1.807, 2.05) is 0 Å². The average molecular weight is 288 g/mol. The molecule has 0 radical (unpaired) electrons. The van der Waals surface area contributed by atoms with Gasteiger partial charge in [-0.15, -0.1) is 0 Å². The minimum Gasteiger partial charge on any atom is -0.324 e. The Morgan fingerprint density at radius 1 is 1.19 bits per heavy atom. The predicted molar refractivity (Wildman–Crippen MR) is 74.8 cm³/mol. The van der Waals surface area contributed by atoms with Gasteiger partial charge in [-0.1, -0.05) is 18.9 Å². The van der Waals surface area contributed by atoms with E-state index in [1.165, 1.54) is 17.0 Å². The van der Waals surface area contributed by atoms with Crippen molar-refractivity contribution in [3.63, 3.8) is 0 Å². The monoisotopic (exact) mass is 288 g/mol. The smallest absolute Gasteiger partial charge is 0.275 e. The van der Waals surface area contributed by atoms with Crippen LogP contribution in [0.25, 0.3) is 0 Å². The highest BCUT2D eigenvalue weighted by atomic mass is 16.6. The summed E-state index contributed by atoms with van der Waals surface area (Å²) in [6.45, 7) is 0.168. The number of carbonyl (C=O) groups is 2. The van der Waals surface area contributed by atoms with Crippen molar-refractivity contribution in [2.45, 2.75) is 44.7 Å². The van der Waals surface area contributed by atoms with Gasteiger partial charge in [-0.2, -0.15) is 0 Å². The van der Waals surface area contributed by atoms with Crippen LogP contribution in [0, 0.1) is 10.1 Å². The van der Waals surface area contributed by atoms with E-state index in [0.717, 1.165) is 19.3 Å². The van der Waals surface area contributed by atoms with Gasteiger partial charge in [0.15, 0.2) is 5.78 Å². The fraction of sp³-hybridized carbons (Fsp3) is 0.467. The third kappa shape index (κ3) is 2.30. The Hall–Kier alpha value is -2.24. The Morgan fingerprint density at radius 3 is 2.76 bits per heavy atom. The van der Waals surface area contributed by atoms with Gasteiger partial charge in [0.2, 0.25) is 0 Å². The summed E-state index contributed by atoms with van der Waals surface area (Å²) in [5.74, 6) is -0.176. The third-order valence-electron chi connectivity index (χ3n) is 4.32. The van der Waals surface area contributed by atoms with Crippen molar-refractivity contribution < 1.29 is 14.5 Å². The van der Waals surface area contributed by atoms with Crippen molar-refractivity contribution in [1.82, 2.24) is 4.90 Å². The van der Waals surface area contributed by atoms with Crippen LogP contribution >= 0.6 is 0 Å². The van der Waals surface area contributed by atoms with E-state index in [-0.39, 0.29) is 23.9 Å². The zero-order chi connectivity index (χ0) is 15.0. The molecule has 2 aliphatic rings. The molecule has 21 heavy (non-hydrogen) atoms. The van der Waals surface area contributed by atoms with Crippen LogP contribution in [0.1, 0.15) is 48.0 Å². The summed E-state index contributed by atoms with van der Waals surface area (Å²) in [7, 11) is 0. The van der Waals surface area contributed by atoms with E-state index in [1.54, 1.807) is 6.07 Å². The van der Waals surface area contributed by atoms with Gasteiger partial charge in [0.1, 0.15) is 0 Å². The number of hydrogen-bond acceptors (Lipinski definition) is 4. The second-order valence-electron chi connectivity index (χ2n) is 5.57. The number of nitro benzene ring substituents is 1. The van der Waals surface area contributed by atoms with Gasteiger partial charge in [0.25, 0.3) is 11.6 Å². The first-order valence-electron chi connectivity index (χ1n) is 7.19. The number of fused-ring (bicyclic) bond motifs is 1. The standard InChI is InChI=1S/C15H16N2O4/c18-14-8-3-1-2-6-13(14)16-9-11-10(15(16)19)5-4-7-12(11)17(20)21/h4-5,7,13H,1-3,6,8-9H2/t13-/m0/s1. The Morgan fingerprint density at radius 2 is 2.00 bits per heavy atom. The lowest BCUT2D eigenvalue weighted by molar-refractivity contribution is -0.385. The van der Waals surface area contributed by atoms with Crippen LogP contribution in [0.4, 0.5) is 5.69 Å². The third-order valence-corrected chi connectivity index (χ3v) is 4.32. The Labute approximate surface area is 121 Å². The minimum atomic E-state index is -0.468. The molecule has 3 rings (SSSR count). The second-order valence-corrected chi connectivity index (χ2v) is 5.57. The molecule has 6 nitrogen and oxygen atoms in total. The van der Waals surface area contributed by atoms with Gasteiger partial charge in [0, 0.05) is 12.5 Å². The number of amides is 1. The largest absolute Gasteiger partial charge is 0.324 e. The lowest BCUT2D eigenvalue weighted by Gasteiger charge is -2.25. The van der Waals surface area contributed by atoms with Crippen LogP contribution < -0.4 is 0 Å². The fourth-order valence-corrected chi connectivity index (χ4v) is 3.23. The van der Waals surface area contributed by atoms with Crippen LogP contribution in [0.2, 0.25) is 0 Å². The van der Waals surface area contributed by atoms with Crippen molar-refractivity contribution in [3.05, 3.63) is 39.4 Å². The van der Waals surface area contributed by atoms with E-state index in [4.69, 9.17) is 0 Å². The van der Waals surface area contributed by atoms with Crippen LogP contribution in [-0.2, 0) is 11.3 Å². The molecule has 6 heteroatoms. The highest BCUT2D eigenvalue weighted by Gasteiger charge is 2.39. The quantitative estimate of drug-likeness (QED) is 0.475. The van der Waals surface area contributed by atoms with E-state index in [2.05, 4.69) is 0 Å². The maximum Gasteiger partial charge on any atom is 0.275 e. The van der Waals surface area contributed by atoms with Gasteiger partial charge < -0.3 is 4.90 Å². The molecular formula is C15H16N2O4. The molecule has 0 aromatic heterocycles. The zero-order valence-corrected chi connectivity index (χ0v) is 11.6. The van der Waals surface area contributed by atoms with Gasteiger partial charge in [-0.05, 0) is 18.9 Å². The van der Waals surface area contributed by atoms with E-state index < -0.39 is 11.0 Å². The van der Waals surface area contributed by atoms with Crippen molar-refractivity contribution in [2.75, 3.05) is 0 Å². The number of Topliss-reactive ketones (excluding diaryl/α,β-unsaturated/α-hetero) is 1. The molecule has 0 spiro atoms. The summed E-state index contributed by atoms with van der Waals surface area (Å²) in [6, 6.07) is 4.11. The molecule has 1 amide bonds. The molecule has 1 saturated carbocycles. The lowest BCUT2D eigenvalue weighted by Crippen LogP contribution is -2.40. The van der Waals surface area contributed by atoms with Gasteiger partial charge >= 0.3 is 0 Å². The summed E-state index contributed by atoms with van der Waals surface area (Å²) in [5.41, 5.74) is 0.759. The molecule has 110 valence electrons. The molecule has 0 N–H and O–H groups in total. The molecule has 1 aliphatic heterocycles. The Bertz CT molecular complexity index is 626. The fourth-order valence-electron chi connectivity index (χ4n) is 3.23. The SMILES string of the molecule is O=C1CCCCC[C@@H]1N1Cc2c(cccc2[N+](=O)[O-])C1=O. The van der Waals surface area contributed by atoms with Crippen molar-refractivity contribution in [3.8, 4) is 0 Å². The second kappa shape index (κ2) is 5.27. The van der Waals surface area contributed by atoms with Crippen molar-refractivity contribution >= 4 is 17.4 Å². The van der Waals surface area contributed by atoms with Crippen molar-refractivity contribution in [1.29, 1.82) is 0 Å². The van der Waals surface area contributed by atoms with Crippen molar-refractivity contribution in [2.24, 2.45) is 0 Å². The van der Waals surface area contributed by atoms with Crippen LogP contribution in [0.5, 0.6) is 0 Å². The number of nitrogens with zero attached hydrogens (tertiary/aromatic N) is 2. The summed E-state index contributed by atoms with van der Waals surface area (Å²) in [4.78, 5) is 36.8. The molecule has 1 atom stereocenters. The van der Waals surface area contributed by atoms with E-state index >= 15 is 0 Å². The average Bonchev–Trinajstić information content (AvgIpc) is 2.65. The molecule has 1 heterocycles. The highest BCUT2D eigenvalue weighted by molar-refractivity contribution is 6.02. The molecule has 1 aromatic carbocycles. The number of benzene rings is 1. The minimum absolute atomic E-state index is 0.0376. The maximum atomic E-state index is 12.5. The summed E-state index contributed by atoms with van der Waals surface area (Å²) < 4.78 is 0. The highest BCUT2D eigenvalue weighted by Crippen LogP contribution is 2.33. The number of carbonyl (C=O) groups excluding carboxylic acids is 2. The van der Waals surface area contributed by atoms with Gasteiger partial charge in [-0.25, -0.2) is 0 Å². The molecule has 1 aliphatic carbocycles. The number of rotatable bonds is 2. The maximum absolute atomic E-state index is 12.5. The Kier molecular flexibility index (Phi) is 3.45. The van der Waals surface area contributed by atoms with Gasteiger partial charge in [-0.3, -0.25) is 19.7 Å². The molecule has 0 saturated heterocycles. The van der Waals surface area contributed by atoms with Crippen LogP contribution in [-0.4, -0.2) is 27.6 Å². The molecule has 1 fully saturated rings. The molecular weight excluding hydrogens is 272 g/mol. The first kappa shape index (κ1) is 13.7. The molecule has 0 bridgehead atoms. The number of ketones is 1. The van der Waals surface area contributed by atoms with Crippen LogP contribution in [0.3, 0.4) is 0 Å². The van der Waals surface area contributed by atoms with Crippen LogP contribution in [0.15, 0.2) is 18.2 Å². The number of nitro groups is 1. The summed E-state index contributed by atoms with van der Waals surface area (Å²) in [6.07, 6.45) is 3.93. The topological polar surface area (TPSA) is 80.5 Å². The zero-order valence-electron chi connectivity index (χ0n) is 11.6. The number of hydrogen-bond donors (Lipinski definition) is 0. The van der Waals surface area contributed by atoms with Gasteiger partial charge in [0.05, 0.1) is 28.6 Å². The van der Waals surface area contributed by atoms with E-state index in [9.17, 15) is 19.7 Å². The molecule has 0 unspecified atom stereocenters. The predicted octanol–water partition coefficient (Wildman–Crippen LogP) is 2.45. The summed E-state index contributed by atoms with van der Waals surface area (Å²) >= 11 is 0. The first-order valence-corrected chi connectivity index (χ1v) is 7.19. The van der Waals surface area contributed by atoms with E-state index in [0.29, 0.717) is 24.0 Å². The Balaban J connectivity index is 1.94. The summed E-state index contributed by atoms with van der Waals surface area (Å²) in [5, 5.41) is 11.1. The molecule has 1 aromatic rings. The normalized spacial score (nSPS) is 22.1. The first-order chi connectivity index (χ1) is 10.1.